The molecular weight excluding hydrogens is 332 g/mol. The highest BCUT2D eigenvalue weighted by molar-refractivity contribution is 7.09. The Kier molecular flexibility index (Phi) is 6.99. The van der Waals surface area contributed by atoms with Gasteiger partial charge >= 0.3 is 0 Å². The zero-order valence-corrected chi connectivity index (χ0v) is 17.0. The largest absolute Gasteiger partial charge is 0.356 e. The van der Waals surface area contributed by atoms with E-state index < -0.39 is 0 Å². The zero-order chi connectivity index (χ0) is 18.4. The van der Waals surface area contributed by atoms with Crippen LogP contribution in [0.5, 0.6) is 0 Å². The molecule has 0 aromatic carbocycles. The molecule has 2 aromatic heterocycles. The van der Waals surface area contributed by atoms with E-state index in [0.717, 1.165) is 43.3 Å². The second-order valence-electron chi connectivity index (χ2n) is 6.68. The number of rotatable bonds is 7. The van der Waals surface area contributed by atoms with Gasteiger partial charge in [-0.3, -0.25) is 9.67 Å². The SMILES string of the molecule is CN=C(NCCCc1nc(C)cs1)N(C)Cc1cn(C)nc1C(C)C. The van der Waals surface area contributed by atoms with Crippen LogP contribution in [-0.2, 0) is 20.0 Å². The van der Waals surface area contributed by atoms with Gasteiger partial charge in [0.15, 0.2) is 5.96 Å². The predicted molar refractivity (Wildman–Crippen MR) is 105 cm³/mol. The van der Waals surface area contributed by atoms with Gasteiger partial charge in [0, 0.05) is 63.5 Å². The normalized spacial score (nSPS) is 12.0. The lowest BCUT2D eigenvalue weighted by atomic mass is 10.1. The minimum absolute atomic E-state index is 0.418. The Hall–Kier alpha value is -1.89. The number of nitrogens with one attached hydrogen (secondary N) is 1. The van der Waals surface area contributed by atoms with Gasteiger partial charge in [0.2, 0.25) is 0 Å². The van der Waals surface area contributed by atoms with E-state index in [1.54, 1.807) is 11.3 Å². The molecule has 0 amide bonds. The van der Waals surface area contributed by atoms with Crippen LogP contribution in [0.15, 0.2) is 16.6 Å². The van der Waals surface area contributed by atoms with Gasteiger partial charge in [-0.1, -0.05) is 13.8 Å². The van der Waals surface area contributed by atoms with Gasteiger partial charge in [0.05, 0.1) is 10.7 Å². The Morgan fingerprint density at radius 1 is 1.44 bits per heavy atom. The summed E-state index contributed by atoms with van der Waals surface area (Å²) in [6, 6.07) is 0. The van der Waals surface area contributed by atoms with Gasteiger partial charge in [-0.05, 0) is 19.3 Å². The number of thiazole rings is 1. The Morgan fingerprint density at radius 2 is 2.20 bits per heavy atom. The molecule has 25 heavy (non-hydrogen) atoms. The quantitative estimate of drug-likeness (QED) is 0.467. The highest BCUT2D eigenvalue weighted by atomic mass is 32.1. The van der Waals surface area contributed by atoms with Crippen LogP contribution in [0.1, 0.15) is 48.1 Å². The van der Waals surface area contributed by atoms with Crippen molar-refractivity contribution < 1.29 is 0 Å². The molecule has 2 rings (SSSR count). The van der Waals surface area contributed by atoms with Crippen LogP contribution in [0.4, 0.5) is 0 Å². The van der Waals surface area contributed by atoms with E-state index in [4.69, 9.17) is 0 Å². The Balaban J connectivity index is 1.85. The molecule has 7 heteroatoms. The standard InChI is InChI=1S/C18H30N6S/c1-13(2)17-15(11-24(6)22-17)10-23(5)18(19-4)20-9-7-8-16-21-14(3)12-25-16/h11-13H,7-10H2,1-6H3,(H,19,20). The van der Waals surface area contributed by atoms with Crippen molar-refractivity contribution in [1.29, 1.82) is 0 Å². The number of aliphatic imine (C=N–C) groups is 1. The van der Waals surface area contributed by atoms with Crippen LogP contribution >= 0.6 is 11.3 Å². The fourth-order valence-electron chi connectivity index (χ4n) is 2.84. The molecule has 0 spiro atoms. The zero-order valence-electron chi connectivity index (χ0n) is 16.2. The first-order valence-electron chi connectivity index (χ1n) is 8.76. The first-order valence-corrected chi connectivity index (χ1v) is 9.63. The third kappa shape index (κ3) is 5.56. The van der Waals surface area contributed by atoms with Gasteiger partial charge in [0.1, 0.15) is 0 Å². The third-order valence-electron chi connectivity index (χ3n) is 3.98. The third-order valence-corrected chi connectivity index (χ3v) is 5.01. The van der Waals surface area contributed by atoms with E-state index >= 15 is 0 Å². The molecule has 1 N–H and O–H groups in total. The minimum atomic E-state index is 0.418. The van der Waals surface area contributed by atoms with E-state index in [9.17, 15) is 0 Å². The fraction of sp³-hybridized carbons (Fsp3) is 0.611. The van der Waals surface area contributed by atoms with E-state index in [1.165, 1.54) is 10.6 Å². The summed E-state index contributed by atoms with van der Waals surface area (Å²) in [5.41, 5.74) is 3.52. The van der Waals surface area contributed by atoms with E-state index in [-0.39, 0.29) is 0 Å². The molecule has 0 aliphatic rings. The van der Waals surface area contributed by atoms with Crippen LogP contribution in [0, 0.1) is 6.92 Å². The Bertz CT molecular complexity index is 700. The molecular formula is C18H30N6S. The number of hydrogen-bond acceptors (Lipinski definition) is 4. The topological polar surface area (TPSA) is 58.3 Å². The summed E-state index contributed by atoms with van der Waals surface area (Å²) in [6.45, 7) is 8.09. The van der Waals surface area contributed by atoms with E-state index in [1.807, 2.05) is 25.7 Å². The van der Waals surface area contributed by atoms with Crippen molar-refractivity contribution in [2.75, 3.05) is 20.6 Å². The lowest BCUT2D eigenvalue weighted by Gasteiger charge is -2.22. The Labute approximate surface area is 155 Å². The minimum Gasteiger partial charge on any atom is -0.356 e. The monoisotopic (exact) mass is 362 g/mol. The van der Waals surface area contributed by atoms with Crippen molar-refractivity contribution in [3.8, 4) is 0 Å². The summed E-state index contributed by atoms with van der Waals surface area (Å²) in [5.74, 6) is 1.33. The van der Waals surface area contributed by atoms with Crippen molar-refractivity contribution >= 4 is 17.3 Å². The van der Waals surface area contributed by atoms with Crippen LogP contribution in [-0.4, -0.2) is 46.3 Å². The van der Waals surface area contributed by atoms with Crippen LogP contribution in [0.2, 0.25) is 0 Å². The molecule has 0 aliphatic carbocycles. The lowest BCUT2D eigenvalue weighted by molar-refractivity contribution is 0.472. The maximum atomic E-state index is 4.58. The van der Waals surface area contributed by atoms with Gasteiger partial charge in [0.25, 0.3) is 0 Å². The molecule has 2 aromatic rings. The molecule has 6 nitrogen and oxygen atoms in total. The van der Waals surface area contributed by atoms with Gasteiger partial charge in [-0.2, -0.15) is 5.10 Å². The fourth-order valence-corrected chi connectivity index (χ4v) is 3.65. The molecule has 0 fully saturated rings. The van der Waals surface area contributed by atoms with Crippen LogP contribution in [0.3, 0.4) is 0 Å². The smallest absolute Gasteiger partial charge is 0.193 e. The number of aromatic nitrogens is 3. The number of aryl methyl sites for hydroxylation is 3. The molecule has 0 saturated heterocycles. The molecule has 0 saturated carbocycles. The highest BCUT2D eigenvalue weighted by Crippen LogP contribution is 2.18. The summed E-state index contributed by atoms with van der Waals surface area (Å²) in [6.07, 6.45) is 4.15. The first kappa shape index (κ1) is 19.4. The summed E-state index contributed by atoms with van der Waals surface area (Å²) >= 11 is 1.74. The average molecular weight is 363 g/mol. The summed E-state index contributed by atoms with van der Waals surface area (Å²) in [7, 11) is 5.87. The number of nitrogens with zero attached hydrogens (tertiary/aromatic N) is 5. The maximum absolute atomic E-state index is 4.58. The second kappa shape index (κ2) is 8.99. The summed E-state index contributed by atoms with van der Waals surface area (Å²) in [5, 5.41) is 11.3. The first-order chi connectivity index (χ1) is 11.9. The van der Waals surface area contributed by atoms with Crippen molar-refractivity contribution in [2.24, 2.45) is 12.0 Å². The van der Waals surface area contributed by atoms with E-state index in [0.29, 0.717) is 5.92 Å². The van der Waals surface area contributed by atoms with Crippen molar-refractivity contribution in [3.05, 3.63) is 33.5 Å². The number of hydrogen-bond donors (Lipinski definition) is 1. The van der Waals surface area contributed by atoms with Crippen molar-refractivity contribution in [3.63, 3.8) is 0 Å². The maximum Gasteiger partial charge on any atom is 0.193 e. The summed E-state index contributed by atoms with van der Waals surface area (Å²) in [4.78, 5) is 11.1. The molecule has 2 heterocycles. The molecule has 0 aliphatic heterocycles. The van der Waals surface area contributed by atoms with Crippen LogP contribution < -0.4 is 5.32 Å². The van der Waals surface area contributed by atoms with Crippen molar-refractivity contribution in [1.82, 2.24) is 25.0 Å². The van der Waals surface area contributed by atoms with E-state index in [2.05, 4.69) is 57.8 Å². The molecule has 0 atom stereocenters. The molecule has 0 bridgehead atoms. The molecule has 0 radical (unpaired) electrons. The predicted octanol–water partition coefficient (Wildman–Crippen LogP) is 2.95. The van der Waals surface area contributed by atoms with Crippen molar-refractivity contribution in [2.45, 2.75) is 46.1 Å². The van der Waals surface area contributed by atoms with Crippen LogP contribution in [0.25, 0.3) is 0 Å². The molecule has 0 unspecified atom stereocenters. The summed E-state index contributed by atoms with van der Waals surface area (Å²) < 4.78 is 1.89. The Morgan fingerprint density at radius 3 is 2.80 bits per heavy atom. The average Bonchev–Trinajstić information content (AvgIpc) is 3.13. The second-order valence-corrected chi connectivity index (χ2v) is 7.63. The molecule has 138 valence electrons. The number of guanidine groups is 1. The van der Waals surface area contributed by atoms with Gasteiger partial charge in [-0.25, -0.2) is 4.98 Å². The van der Waals surface area contributed by atoms with Gasteiger partial charge < -0.3 is 10.2 Å². The highest BCUT2D eigenvalue weighted by Gasteiger charge is 2.15. The van der Waals surface area contributed by atoms with Gasteiger partial charge in [-0.15, -0.1) is 11.3 Å². The lowest BCUT2D eigenvalue weighted by Crippen LogP contribution is -2.39.